The minimum atomic E-state index is -0.444. The monoisotopic (exact) mass is 434 g/mol. The summed E-state index contributed by atoms with van der Waals surface area (Å²) in [7, 11) is 0. The van der Waals surface area contributed by atoms with Gasteiger partial charge in [-0.1, -0.05) is 23.5 Å². The van der Waals surface area contributed by atoms with Gasteiger partial charge in [-0.05, 0) is 18.6 Å². The molecule has 12 heteroatoms. The fourth-order valence-electron chi connectivity index (χ4n) is 2.56. The molecule has 3 heterocycles. The second-order valence-electron chi connectivity index (χ2n) is 5.74. The van der Waals surface area contributed by atoms with Crippen molar-refractivity contribution >= 4 is 55.8 Å². The molecule has 9 nitrogen and oxygen atoms in total. The molecule has 0 fully saturated rings. The second kappa shape index (κ2) is 7.26. The average molecular weight is 435 g/mol. The summed E-state index contributed by atoms with van der Waals surface area (Å²) >= 11 is 8.17. The number of rotatable bonds is 5. The van der Waals surface area contributed by atoms with Crippen molar-refractivity contribution in [3.8, 4) is 21.3 Å². The summed E-state index contributed by atoms with van der Waals surface area (Å²) in [4.78, 5) is 23.5. The van der Waals surface area contributed by atoms with Gasteiger partial charge in [0, 0.05) is 17.7 Å². The van der Waals surface area contributed by atoms with Crippen LogP contribution in [0, 0.1) is 17.0 Å². The summed E-state index contributed by atoms with van der Waals surface area (Å²) in [6, 6.07) is 8.11. The summed E-state index contributed by atoms with van der Waals surface area (Å²) in [6.07, 6.45) is 0. The van der Waals surface area contributed by atoms with Crippen molar-refractivity contribution < 1.29 is 9.72 Å². The number of nitrogens with one attached hydrogen (secondary N) is 1. The SMILES string of the molecule is Cc1cc(NC(=O)CCl)sc1-c1nnc2sc(-c3cccc([N+](=O)[O-])c3)nn12. The Kier molecular flexibility index (Phi) is 4.79. The van der Waals surface area contributed by atoms with E-state index in [1.165, 1.54) is 34.8 Å². The molecule has 0 atom stereocenters. The molecule has 1 aromatic carbocycles. The molecule has 0 radical (unpaired) electrons. The summed E-state index contributed by atoms with van der Waals surface area (Å²) in [5.41, 5.74) is 1.54. The van der Waals surface area contributed by atoms with Crippen molar-refractivity contribution in [2.45, 2.75) is 6.92 Å². The van der Waals surface area contributed by atoms with Crippen LogP contribution in [-0.2, 0) is 4.79 Å². The van der Waals surface area contributed by atoms with Gasteiger partial charge >= 0.3 is 0 Å². The van der Waals surface area contributed by atoms with Gasteiger partial charge in [0.15, 0.2) is 5.82 Å². The zero-order chi connectivity index (χ0) is 19.8. The highest BCUT2D eigenvalue weighted by Crippen LogP contribution is 2.36. The van der Waals surface area contributed by atoms with Gasteiger partial charge in [-0.3, -0.25) is 14.9 Å². The topological polar surface area (TPSA) is 115 Å². The van der Waals surface area contributed by atoms with E-state index in [-0.39, 0.29) is 17.5 Å². The van der Waals surface area contributed by atoms with Gasteiger partial charge in [0.2, 0.25) is 10.9 Å². The van der Waals surface area contributed by atoms with Gasteiger partial charge in [-0.15, -0.1) is 33.1 Å². The van der Waals surface area contributed by atoms with Crippen LogP contribution in [-0.4, -0.2) is 36.5 Å². The maximum atomic E-state index is 11.5. The zero-order valence-electron chi connectivity index (χ0n) is 14.2. The van der Waals surface area contributed by atoms with E-state index in [2.05, 4.69) is 20.6 Å². The van der Waals surface area contributed by atoms with Gasteiger partial charge < -0.3 is 5.32 Å². The first kappa shape index (κ1) is 18.5. The molecule has 0 aliphatic heterocycles. The summed E-state index contributed by atoms with van der Waals surface area (Å²) < 4.78 is 1.60. The number of alkyl halides is 1. The fraction of sp³-hybridized carbons (Fsp3) is 0.125. The Morgan fingerprint density at radius 1 is 1.32 bits per heavy atom. The molecule has 3 aromatic heterocycles. The standard InChI is InChI=1S/C16H11ClN6O3S2/c1-8-5-12(18-11(24)7-17)27-13(8)14-19-20-16-22(14)21-15(28-16)9-3-2-4-10(6-9)23(25)26/h2-6H,7H2,1H3,(H,18,24). The number of fused-ring (bicyclic) bond motifs is 1. The van der Waals surface area contributed by atoms with Crippen molar-refractivity contribution in [1.29, 1.82) is 0 Å². The number of amides is 1. The molecule has 0 bridgehead atoms. The van der Waals surface area contributed by atoms with Crippen LogP contribution < -0.4 is 5.32 Å². The molecule has 4 aromatic rings. The van der Waals surface area contributed by atoms with Crippen LogP contribution in [0.4, 0.5) is 10.7 Å². The number of nitro benzene ring substituents is 1. The quantitative estimate of drug-likeness (QED) is 0.288. The number of benzene rings is 1. The number of thiophene rings is 1. The lowest BCUT2D eigenvalue weighted by atomic mass is 10.2. The second-order valence-corrected chi connectivity index (χ2v) is 8.01. The van der Waals surface area contributed by atoms with Crippen molar-refractivity contribution in [3.63, 3.8) is 0 Å². The number of carbonyl (C=O) groups excluding carboxylic acids is 1. The van der Waals surface area contributed by atoms with E-state index < -0.39 is 4.92 Å². The van der Waals surface area contributed by atoms with E-state index in [1.807, 2.05) is 13.0 Å². The van der Waals surface area contributed by atoms with E-state index in [0.717, 1.165) is 10.4 Å². The molecule has 28 heavy (non-hydrogen) atoms. The zero-order valence-corrected chi connectivity index (χ0v) is 16.6. The summed E-state index contributed by atoms with van der Waals surface area (Å²) in [5.74, 6) is 0.124. The maximum Gasteiger partial charge on any atom is 0.270 e. The lowest BCUT2D eigenvalue weighted by molar-refractivity contribution is -0.384. The van der Waals surface area contributed by atoms with Crippen molar-refractivity contribution in [1.82, 2.24) is 19.8 Å². The molecule has 0 saturated carbocycles. The lowest BCUT2D eigenvalue weighted by Gasteiger charge is -1.97. The number of hydrogen-bond acceptors (Lipinski definition) is 8. The number of anilines is 1. The minimum absolute atomic E-state index is 0.00235. The molecule has 0 saturated heterocycles. The van der Waals surface area contributed by atoms with Crippen molar-refractivity contribution in [2.75, 3.05) is 11.2 Å². The van der Waals surface area contributed by atoms with Crippen LogP contribution in [0.15, 0.2) is 30.3 Å². The van der Waals surface area contributed by atoms with Gasteiger partial charge in [0.05, 0.1) is 14.8 Å². The Bertz CT molecular complexity index is 1210. The Morgan fingerprint density at radius 3 is 2.89 bits per heavy atom. The number of nitro groups is 1. The molecular weight excluding hydrogens is 424 g/mol. The van der Waals surface area contributed by atoms with Crippen LogP contribution in [0.3, 0.4) is 0 Å². The van der Waals surface area contributed by atoms with Crippen LogP contribution in [0.1, 0.15) is 5.56 Å². The smallest absolute Gasteiger partial charge is 0.270 e. The predicted molar refractivity (Wildman–Crippen MR) is 108 cm³/mol. The fourth-order valence-corrected chi connectivity index (χ4v) is 4.53. The number of halogens is 1. The number of nitrogens with zero attached hydrogens (tertiary/aromatic N) is 5. The Morgan fingerprint density at radius 2 is 2.14 bits per heavy atom. The van der Waals surface area contributed by atoms with Gasteiger partial charge in [0.25, 0.3) is 5.69 Å². The molecule has 1 N–H and O–H groups in total. The Hall–Kier alpha value is -2.89. The summed E-state index contributed by atoms with van der Waals surface area (Å²) in [5, 5.41) is 27.9. The highest BCUT2D eigenvalue weighted by Gasteiger charge is 2.19. The van der Waals surface area contributed by atoms with Crippen LogP contribution in [0.25, 0.3) is 26.2 Å². The highest BCUT2D eigenvalue weighted by atomic mass is 35.5. The van der Waals surface area contributed by atoms with E-state index in [9.17, 15) is 14.9 Å². The first-order valence-corrected chi connectivity index (χ1v) is 10.1. The van der Waals surface area contributed by atoms with Gasteiger partial charge in [-0.25, -0.2) is 0 Å². The molecule has 0 spiro atoms. The van der Waals surface area contributed by atoms with Crippen LogP contribution >= 0.6 is 34.3 Å². The van der Waals surface area contributed by atoms with Crippen LogP contribution in [0.2, 0.25) is 0 Å². The van der Waals surface area contributed by atoms with Crippen molar-refractivity contribution in [2.24, 2.45) is 0 Å². The number of hydrogen-bond donors (Lipinski definition) is 1. The molecule has 4 rings (SSSR count). The van der Waals surface area contributed by atoms with E-state index in [0.29, 0.717) is 26.4 Å². The molecule has 0 aliphatic rings. The molecule has 0 unspecified atom stereocenters. The van der Waals surface area contributed by atoms with E-state index in [4.69, 9.17) is 11.6 Å². The highest BCUT2D eigenvalue weighted by molar-refractivity contribution is 7.20. The van der Waals surface area contributed by atoms with Gasteiger partial charge in [-0.2, -0.15) is 9.61 Å². The largest absolute Gasteiger partial charge is 0.317 e. The van der Waals surface area contributed by atoms with E-state index in [1.54, 1.807) is 16.6 Å². The Balaban J connectivity index is 1.74. The molecule has 142 valence electrons. The lowest BCUT2D eigenvalue weighted by Crippen LogP contribution is -2.11. The first-order chi connectivity index (χ1) is 13.5. The third-order valence-electron chi connectivity index (χ3n) is 3.80. The Labute approximate surface area is 170 Å². The molecule has 0 aliphatic carbocycles. The third-order valence-corrected chi connectivity index (χ3v) is 6.14. The molecule has 1 amide bonds. The normalized spacial score (nSPS) is 11.1. The molecular formula is C16H11ClN6O3S2. The number of non-ortho nitro benzene ring substituents is 1. The maximum absolute atomic E-state index is 11.5. The van der Waals surface area contributed by atoms with Crippen molar-refractivity contribution in [3.05, 3.63) is 46.0 Å². The third kappa shape index (κ3) is 3.35. The number of aromatic nitrogens is 4. The number of aryl methyl sites for hydroxylation is 1. The predicted octanol–water partition coefficient (Wildman–Crippen LogP) is 3.98. The van der Waals surface area contributed by atoms with E-state index >= 15 is 0 Å². The van der Waals surface area contributed by atoms with Gasteiger partial charge in [0.1, 0.15) is 10.9 Å². The average Bonchev–Trinajstić information content (AvgIpc) is 3.35. The first-order valence-electron chi connectivity index (χ1n) is 7.90. The summed E-state index contributed by atoms with van der Waals surface area (Å²) in [6.45, 7) is 1.90. The minimum Gasteiger partial charge on any atom is -0.317 e. The number of carbonyl (C=O) groups is 1. The van der Waals surface area contributed by atoms with Crippen LogP contribution in [0.5, 0.6) is 0 Å².